The zero-order valence-electron chi connectivity index (χ0n) is 17.4. The second-order valence-corrected chi connectivity index (χ2v) is 6.47. The number of hydrogen-bond donors (Lipinski definition) is 2. The number of carboxylic acid groups (broad SMARTS) is 2. The van der Waals surface area contributed by atoms with Gasteiger partial charge in [-0.05, 0) is 22.3 Å². The van der Waals surface area contributed by atoms with Gasteiger partial charge in [-0.2, -0.15) is 0 Å². The van der Waals surface area contributed by atoms with Crippen LogP contribution in [-0.2, 0) is 9.59 Å². The average Bonchev–Trinajstić information content (AvgIpc) is 2.86. The zero-order chi connectivity index (χ0) is 23.0. The number of carboxylic acids is 2. The topological polar surface area (TPSA) is 74.6 Å². The van der Waals surface area contributed by atoms with Crippen molar-refractivity contribution in [1.82, 2.24) is 0 Å². The van der Waals surface area contributed by atoms with E-state index in [1.807, 2.05) is 24.3 Å². The van der Waals surface area contributed by atoms with Crippen LogP contribution in [0.1, 0.15) is 0 Å². The van der Waals surface area contributed by atoms with Crippen molar-refractivity contribution in [3.05, 3.63) is 133 Å². The molecule has 0 aliphatic heterocycles. The Labute approximate surface area is 187 Å². The van der Waals surface area contributed by atoms with Gasteiger partial charge in [0.25, 0.3) is 0 Å². The fourth-order valence-corrected chi connectivity index (χ4v) is 2.66. The molecule has 0 atom stereocenters. The molecule has 32 heavy (non-hydrogen) atoms. The third-order valence-electron chi connectivity index (χ3n) is 4.13. The minimum Gasteiger partial charge on any atom is -0.478 e. The van der Waals surface area contributed by atoms with E-state index in [4.69, 9.17) is 10.2 Å². The fourth-order valence-electron chi connectivity index (χ4n) is 2.66. The van der Waals surface area contributed by atoms with Crippen LogP contribution in [0.25, 0.3) is 22.3 Å². The van der Waals surface area contributed by atoms with Gasteiger partial charge in [0.2, 0.25) is 0 Å². The summed E-state index contributed by atoms with van der Waals surface area (Å²) in [5, 5.41) is 15.6. The van der Waals surface area contributed by atoms with Crippen LogP contribution in [0.2, 0.25) is 0 Å². The molecule has 4 heteroatoms. The Morgan fingerprint density at radius 2 is 0.594 bits per heavy atom. The average molecular weight is 424 g/mol. The van der Waals surface area contributed by atoms with Crippen LogP contribution in [0, 0.1) is 0 Å². The maximum absolute atomic E-state index is 9.55. The molecule has 4 aromatic carbocycles. The van der Waals surface area contributed by atoms with Crippen LogP contribution >= 0.6 is 0 Å². The van der Waals surface area contributed by atoms with Crippen LogP contribution in [0.4, 0.5) is 0 Å². The summed E-state index contributed by atoms with van der Waals surface area (Å²) in [6, 6.07) is 41.6. The van der Waals surface area contributed by atoms with Crippen molar-refractivity contribution in [3.8, 4) is 22.3 Å². The largest absolute Gasteiger partial charge is 0.478 e. The van der Waals surface area contributed by atoms with Crippen LogP contribution in [0.3, 0.4) is 0 Å². The number of hydrogen-bond acceptors (Lipinski definition) is 2. The van der Waals surface area contributed by atoms with Gasteiger partial charge >= 0.3 is 11.9 Å². The first-order valence-corrected chi connectivity index (χ1v) is 9.91. The Kier molecular flexibility index (Phi) is 10.2. The third-order valence-corrected chi connectivity index (χ3v) is 4.13. The van der Waals surface area contributed by atoms with E-state index >= 15 is 0 Å². The molecular weight excluding hydrogens is 400 g/mol. The molecule has 0 saturated carbocycles. The molecule has 2 N–H and O–H groups in total. The highest BCUT2D eigenvalue weighted by molar-refractivity contribution is 5.89. The van der Waals surface area contributed by atoms with Crippen LogP contribution in [0.5, 0.6) is 0 Å². The molecule has 0 unspecified atom stereocenters. The van der Waals surface area contributed by atoms with Gasteiger partial charge in [-0.25, -0.2) is 9.59 Å². The van der Waals surface area contributed by atoms with Crippen molar-refractivity contribution in [2.45, 2.75) is 0 Å². The Balaban J connectivity index is 0.000000175. The Bertz CT molecular complexity index is 925. The third kappa shape index (κ3) is 9.37. The fraction of sp³-hybridized carbons (Fsp3) is 0. The summed E-state index contributed by atoms with van der Waals surface area (Å²) in [5.74, 6) is -2.51. The Morgan fingerprint density at radius 1 is 0.406 bits per heavy atom. The lowest BCUT2D eigenvalue weighted by molar-refractivity contribution is -0.134. The molecule has 0 bridgehead atoms. The molecule has 0 aliphatic carbocycles. The summed E-state index contributed by atoms with van der Waals surface area (Å²) in [4.78, 5) is 19.1. The van der Waals surface area contributed by atoms with Crippen molar-refractivity contribution in [2.75, 3.05) is 0 Å². The van der Waals surface area contributed by atoms with E-state index in [1.54, 1.807) is 0 Å². The standard InChI is InChI=1S/2C12H10.C4H4O4/c2*1-3-7-11(8-4-1)12-9-5-2-6-10-12;5-3(6)1-2-4(7)8/h2*1-10H;1-2H,(H,5,6)(H,7,8)/b;;2-1-. The van der Waals surface area contributed by atoms with Crippen LogP contribution < -0.4 is 0 Å². The second-order valence-electron chi connectivity index (χ2n) is 6.47. The molecule has 4 nitrogen and oxygen atoms in total. The lowest BCUT2D eigenvalue weighted by Crippen LogP contribution is -1.91. The summed E-state index contributed by atoms with van der Waals surface area (Å²) in [6.45, 7) is 0. The van der Waals surface area contributed by atoms with Crippen LogP contribution in [0.15, 0.2) is 133 Å². The number of benzene rings is 4. The number of carbonyl (C=O) groups is 2. The summed E-state index contributed by atoms with van der Waals surface area (Å²) in [7, 11) is 0. The van der Waals surface area contributed by atoms with Crippen LogP contribution in [-0.4, -0.2) is 22.2 Å². The van der Waals surface area contributed by atoms with E-state index in [2.05, 4.69) is 97.1 Å². The molecule has 0 aromatic heterocycles. The molecular formula is C28H24O4. The van der Waals surface area contributed by atoms with E-state index in [1.165, 1.54) is 22.3 Å². The molecule has 160 valence electrons. The smallest absolute Gasteiger partial charge is 0.328 e. The summed E-state index contributed by atoms with van der Waals surface area (Å²) < 4.78 is 0. The van der Waals surface area contributed by atoms with Crippen molar-refractivity contribution in [1.29, 1.82) is 0 Å². The molecule has 4 rings (SSSR count). The Hall–Kier alpha value is -4.44. The van der Waals surface area contributed by atoms with Crippen molar-refractivity contribution in [2.24, 2.45) is 0 Å². The van der Waals surface area contributed by atoms with E-state index in [0.29, 0.717) is 12.2 Å². The quantitative estimate of drug-likeness (QED) is 0.371. The minimum atomic E-state index is -1.26. The molecule has 0 amide bonds. The highest BCUT2D eigenvalue weighted by Gasteiger charge is 1.93. The van der Waals surface area contributed by atoms with Gasteiger partial charge in [-0.3, -0.25) is 0 Å². The summed E-state index contributed by atoms with van der Waals surface area (Å²) >= 11 is 0. The Morgan fingerprint density at radius 3 is 0.750 bits per heavy atom. The molecule has 0 aliphatic rings. The molecule has 0 saturated heterocycles. The van der Waals surface area contributed by atoms with Crippen molar-refractivity contribution >= 4 is 11.9 Å². The molecule has 4 aromatic rings. The van der Waals surface area contributed by atoms with E-state index in [-0.39, 0.29) is 0 Å². The highest BCUT2D eigenvalue weighted by atomic mass is 16.4. The predicted octanol–water partition coefficient (Wildman–Crippen LogP) is 6.42. The molecule has 0 spiro atoms. The predicted molar refractivity (Wildman–Crippen MR) is 128 cm³/mol. The second kappa shape index (κ2) is 13.7. The van der Waals surface area contributed by atoms with Gasteiger partial charge in [0, 0.05) is 12.2 Å². The lowest BCUT2D eigenvalue weighted by Gasteiger charge is -1.98. The monoisotopic (exact) mass is 424 g/mol. The first kappa shape index (κ1) is 23.8. The summed E-state index contributed by atoms with van der Waals surface area (Å²) in [5.41, 5.74) is 5.10. The van der Waals surface area contributed by atoms with Gasteiger partial charge in [0.15, 0.2) is 0 Å². The van der Waals surface area contributed by atoms with Gasteiger partial charge in [0.1, 0.15) is 0 Å². The van der Waals surface area contributed by atoms with Crippen molar-refractivity contribution in [3.63, 3.8) is 0 Å². The minimum absolute atomic E-state index is 0.558. The molecule has 0 heterocycles. The van der Waals surface area contributed by atoms with E-state index < -0.39 is 11.9 Å². The maximum atomic E-state index is 9.55. The molecule has 0 radical (unpaired) electrons. The first-order chi connectivity index (χ1) is 15.6. The van der Waals surface area contributed by atoms with Gasteiger partial charge < -0.3 is 10.2 Å². The van der Waals surface area contributed by atoms with Gasteiger partial charge in [0.05, 0.1) is 0 Å². The normalized spacial score (nSPS) is 9.62. The van der Waals surface area contributed by atoms with Gasteiger partial charge in [-0.15, -0.1) is 0 Å². The SMILES string of the molecule is O=C(O)/C=C\C(=O)O.c1ccc(-c2ccccc2)cc1.c1ccc(-c2ccccc2)cc1. The number of rotatable bonds is 4. The molecule has 0 fully saturated rings. The first-order valence-electron chi connectivity index (χ1n) is 9.91. The maximum Gasteiger partial charge on any atom is 0.328 e. The lowest BCUT2D eigenvalue weighted by atomic mass is 10.1. The highest BCUT2D eigenvalue weighted by Crippen LogP contribution is 2.18. The zero-order valence-corrected chi connectivity index (χ0v) is 17.4. The van der Waals surface area contributed by atoms with E-state index in [0.717, 1.165) is 0 Å². The number of aliphatic carboxylic acids is 2. The summed E-state index contributed by atoms with van der Waals surface area (Å²) in [6.07, 6.45) is 1.12. The van der Waals surface area contributed by atoms with Crippen molar-refractivity contribution < 1.29 is 19.8 Å². The van der Waals surface area contributed by atoms with E-state index in [9.17, 15) is 9.59 Å². The van der Waals surface area contributed by atoms with Gasteiger partial charge in [-0.1, -0.05) is 121 Å².